The van der Waals surface area contributed by atoms with Gasteiger partial charge in [-0.25, -0.2) is 0 Å². The fourth-order valence-electron chi connectivity index (χ4n) is 3.97. The molecule has 0 N–H and O–H groups in total. The number of carbonyl (C=O) groups excluding carboxylic acids is 1. The predicted octanol–water partition coefficient (Wildman–Crippen LogP) is 5.94. The van der Waals surface area contributed by atoms with E-state index in [4.69, 9.17) is 14.0 Å². The number of hydrogen-bond donors (Lipinski definition) is 0. The number of hydrogen-bond acceptors (Lipinski definition) is 6. The fraction of sp³-hybridized carbons (Fsp3) is 0.963. The van der Waals surface area contributed by atoms with E-state index in [9.17, 15) is 14.3 Å². The molecule has 0 saturated carbocycles. The summed E-state index contributed by atoms with van der Waals surface area (Å²) in [7, 11) is 1.79. The highest BCUT2D eigenvalue weighted by Crippen LogP contribution is 2.37. The molecule has 0 aliphatic heterocycles. The van der Waals surface area contributed by atoms with Crippen LogP contribution >= 0.6 is 7.60 Å². The molecule has 0 amide bonds. The quantitative estimate of drug-likeness (QED) is 0.0676. The summed E-state index contributed by atoms with van der Waals surface area (Å²) < 4.78 is 28.8. The molecule has 0 aromatic rings. The molecule has 0 aromatic heterocycles. The number of quaternary nitrogens is 1. The number of nitrogens with zero attached hydrogens (tertiary/aromatic N) is 1. The Morgan fingerprint density at radius 3 is 1.97 bits per heavy atom. The lowest BCUT2D eigenvalue weighted by Crippen LogP contribution is -2.38. The molecule has 0 radical (unpaired) electrons. The Kier molecular flexibility index (Phi) is 20.3. The second-order valence-corrected chi connectivity index (χ2v) is 12.9. The molecule has 3 atom stereocenters. The van der Waals surface area contributed by atoms with Crippen molar-refractivity contribution in [3.8, 4) is 0 Å². The standard InChI is InChI=1S/C27H56NO6P/c1-7-9-10-11-12-13-14-15-16-17-18-26(8-2)19-21-32-23-27(34-25(3)29)24-33-35(30,31)22-20-28(4,5)6/h26-27H,7-24H2,1-6H3. The third kappa shape index (κ3) is 23.7. The van der Waals surface area contributed by atoms with Gasteiger partial charge in [-0.05, 0) is 12.3 Å². The topological polar surface area (TPSA) is 84.9 Å². The SMILES string of the molecule is CCCCCCCCCCCCC(CC)CCOCC(COP(=O)([O-])CC[N+](C)(C)C)OC(C)=O. The Morgan fingerprint density at radius 2 is 1.46 bits per heavy atom. The zero-order chi connectivity index (χ0) is 26.6. The molecule has 7 nitrogen and oxygen atoms in total. The zero-order valence-corrected chi connectivity index (χ0v) is 24.6. The van der Waals surface area contributed by atoms with Gasteiger partial charge < -0.3 is 27.9 Å². The number of rotatable bonds is 24. The first-order valence-electron chi connectivity index (χ1n) is 14.0. The number of carbonyl (C=O) groups is 1. The van der Waals surface area contributed by atoms with E-state index < -0.39 is 19.7 Å². The maximum absolute atomic E-state index is 12.2. The van der Waals surface area contributed by atoms with Gasteiger partial charge in [-0.3, -0.25) is 4.79 Å². The van der Waals surface area contributed by atoms with Crippen LogP contribution in [0.25, 0.3) is 0 Å². The summed E-state index contributed by atoms with van der Waals surface area (Å²) >= 11 is 0. The van der Waals surface area contributed by atoms with Crippen LogP contribution in [0.1, 0.15) is 104 Å². The molecular formula is C27H56NO6P. The molecule has 0 heterocycles. The van der Waals surface area contributed by atoms with Crippen molar-refractivity contribution in [3.63, 3.8) is 0 Å². The van der Waals surface area contributed by atoms with E-state index >= 15 is 0 Å². The molecule has 8 heteroatoms. The maximum atomic E-state index is 12.2. The third-order valence-corrected chi connectivity index (χ3v) is 7.64. The molecule has 0 aliphatic carbocycles. The molecule has 3 unspecified atom stereocenters. The lowest BCUT2D eigenvalue weighted by molar-refractivity contribution is -0.868. The minimum atomic E-state index is -3.99. The van der Waals surface area contributed by atoms with Crippen molar-refractivity contribution in [1.29, 1.82) is 0 Å². The van der Waals surface area contributed by atoms with Crippen molar-refractivity contribution in [2.75, 3.05) is 53.7 Å². The average Bonchev–Trinajstić information content (AvgIpc) is 2.78. The Labute approximate surface area is 216 Å². The van der Waals surface area contributed by atoms with Crippen molar-refractivity contribution in [2.45, 2.75) is 110 Å². The first kappa shape index (κ1) is 34.5. The Bertz CT molecular complexity index is 566. The van der Waals surface area contributed by atoms with E-state index in [1.165, 1.54) is 77.6 Å². The normalized spacial score (nSPS) is 15.5. The van der Waals surface area contributed by atoms with Gasteiger partial charge in [0.05, 0.1) is 47.1 Å². The van der Waals surface area contributed by atoms with Crippen molar-refractivity contribution < 1.29 is 32.7 Å². The van der Waals surface area contributed by atoms with E-state index in [1.807, 2.05) is 21.1 Å². The van der Waals surface area contributed by atoms with Crippen LogP contribution in [0.15, 0.2) is 0 Å². The summed E-state index contributed by atoms with van der Waals surface area (Å²) in [6.07, 6.45) is 16.0. The van der Waals surface area contributed by atoms with Crippen LogP contribution in [0.3, 0.4) is 0 Å². The van der Waals surface area contributed by atoms with Crippen LogP contribution in [0.4, 0.5) is 0 Å². The Balaban J connectivity index is 4.08. The first-order chi connectivity index (χ1) is 16.5. The lowest BCUT2D eigenvalue weighted by atomic mass is 9.95. The van der Waals surface area contributed by atoms with Crippen molar-refractivity contribution in [3.05, 3.63) is 0 Å². The van der Waals surface area contributed by atoms with Crippen molar-refractivity contribution >= 4 is 13.6 Å². The molecule has 210 valence electrons. The highest BCUT2D eigenvalue weighted by Gasteiger charge is 2.20. The molecule has 0 fully saturated rings. The van der Waals surface area contributed by atoms with Gasteiger partial charge in [0.15, 0.2) is 0 Å². The van der Waals surface area contributed by atoms with Crippen LogP contribution < -0.4 is 4.89 Å². The molecular weight excluding hydrogens is 465 g/mol. The van der Waals surface area contributed by atoms with Gasteiger partial charge in [0, 0.05) is 13.5 Å². The molecule has 0 rings (SSSR count). The van der Waals surface area contributed by atoms with E-state index in [-0.39, 0.29) is 19.4 Å². The third-order valence-electron chi connectivity index (χ3n) is 6.35. The van der Waals surface area contributed by atoms with E-state index in [0.29, 0.717) is 23.6 Å². The summed E-state index contributed by atoms with van der Waals surface area (Å²) in [5, 5.41) is 0. The highest BCUT2D eigenvalue weighted by molar-refractivity contribution is 7.51. The predicted molar refractivity (Wildman–Crippen MR) is 143 cm³/mol. The molecule has 0 bridgehead atoms. The summed E-state index contributed by atoms with van der Waals surface area (Å²) in [5.41, 5.74) is 0. The first-order valence-corrected chi connectivity index (χ1v) is 15.7. The van der Waals surface area contributed by atoms with Gasteiger partial charge in [-0.15, -0.1) is 0 Å². The smallest absolute Gasteiger partial charge is 0.303 e. The average molecular weight is 522 g/mol. The van der Waals surface area contributed by atoms with Crippen molar-refractivity contribution in [1.82, 2.24) is 0 Å². The van der Waals surface area contributed by atoms with Crippen molar-refractivity contribution in [2.24, 2.45) is 5.92 Å². The van der Waals surface area contributed by atoms with Gasteiger partial charge in [0.2, 0.25) is 0 Å². The number of esters is 1. The largest absolute Gasteiger partial charge is 0.778 e. The summed E-state index contributed by atoms with van der Waals surface area (Å²) in [4.78, 5) is 23.6. The summed E-state index contributed by atoms with van der Waals surface area (Å²) in [6, 6.07) is 0. The van der Waals surface area contributed by atoms with Crippen LogP contribution in [0.5, 0.6) is 0 Å². The van der Waals surface area contributed by atoms with Gasteiger partial charge in [0.1, 0.15) is 13.7 Å². The van der Waals surface area contributed by atoms with Gasteiger partial charge >= 0.3 is 5.97 Å². The lowest BCUT2D eigenvalue weighted by Gasteiger charge is -2.30. The van der Waals surface area contributed by atoms with E-state index in [1.54, 1.807) is 0 Å². The van der Waals surface area contributed by atoms with Crippen LogP contribution in [0, 0.1) is 5.92 Å². The molecule has 0 aliphatic rings. The molecule has 0 spiro atoms. The van der Waals surface area contributed by atoms with Crippen LogP contribution in [-0.4, -0.2) is 70.2 Å². The molecule has 35 heavy (non-hydrogen) atoms. The Morgan fingerprint density at radius 1 is 0.886 bits per heavy atom. The highest BCUT2D eigenvalue weighted by atomic mass is 31.2. The summed E-state index contributed by atoms with van der Waals surface area (Å²) in [6.45, 7) is 6.75. The number of unbranched alkanes of at least 4 members (excludes halogenated alkanes) is 9. The van der Waals surface area contributed by atoms with Crippen LogP contribution in [-0.2, 0) is 23.4 Å². The minimum Gasteiger partial charge on any atom is -0.778 e. The Hall–Kier alpha value is -0.460. The fourth-order valence-corrected chi connectivity index (χ4v) is 5.34. The van der Waals surface area contributed by atoms with E-state index in [2.05, 4.69) is 13.8 Å². The molecule has 0 saturated heterocycles. The van der Waals surface area contributed by atoms with Gasteiger partial charge in [-0.2, -0.15) is 0 Å². The maximum Gasteiger partial charge on any atom is 0.303 e. The van der Waals surface area contributed by atoms with Crippen LogP contribution in [0.2, 0.25) is 0 Å². The second-order valence-electron chi connectivity index (χ2n) is 11.0. The second kappa shape index (κ2) is 20.6. The molecule has 0 aromatic carbocycles. The minimum absolute atomic E-state index is 0.0543. The summed E-state index contributed by atoms with van der Waals surface area (Å²) in [5.74, 6) is 0.159. The zero-order valence-electron chi connectivity index (χ0n) is 23.7. The number of ether oxygens (including phenoxy) is 2. The van der Waals surface area contributed by atoms with Gasteiger partial charge in [0.25, 0.3) is 0 Å². The monoisotopic (exact) mass is 521 g/mol. The van der Waals surface area contributed by atoms with Gasteiger partial charge in [-0.1, -0.05) is 90.9 Å². The van der Waals surface area contributed by atoms with E-state index in [0.717, 1.165) is 12.8 Å².